The van der Waals surface area contributed by atoms with Gasteiger partial charge in [0, 0.05) is 25.5 Å². The van der Waals surface area contributed by atoms with Crippen LogP contribution in [-0.4, -0.2) is 43.0 Å². The molecule has 3 aromatic rings. The highest BCUT2D eigenvalue weighted by Gasteiger charge is 2.21. The van der Waals surface area contributed by atoms with E-state index in [1.165, 1.54) is 24.3 Å². The zero-order chi connectivity index (χ0) is 20.3. The summed E-state index contributed by atoms with van der Waals surface area (Å²) < 4.78 is 40.1. The molecule has 0 aliphatic carbocycles. The first kappa shape index (κ1) is 19.6. The Kier molecular flexibility index (Phi) is 5.61. The Morgan fingerprint density at radius 1 is 1.28 bits per heavy atom. The molecule has 2 aromatic heterocycles. The topological polar surface area (TPSA) is 99.0 Å². The van der Waals surface area contributed by atoms with Gasteiger partial charge in [-0.25, -0.2) is 22.9 Å². The maximum atomic E-state index is 12.5. The molecule has 3 heterocycles. The van der Waals surface area contributed by atoms with Crippen LogP contribution in [0.1, 0.15) is 28.9 Å². The molecule has 1 saturated heterocycles. The van der Waals surface area contributed by atoms with Crippen LogP contribution in [0.5, 0.6) is 0 Å². The van der Waals surface area contributed by atoms with Gasteiger partial charge in [-0.3, -0.25) is 0 Å². The van der Waals surface area contributed by atoms with Gasteiger partial charge < -0.3 is 13.9 Å². The number of hydrogen-bond donors (Lipinski definition) is 1. The predicted molar refractivity (Wildman–Crippen MR) is 105 cm³/mol. The molecular weight excluding hydrogens is 394 g/mol. The molecule has 152 valence electrons. The van der Waals surface area contributed by atoms with Gasteiger partial charge in [-0.15, -0.1) is 0 Å². The number of imidazole rings is 1. The van der Waals surface area contributed by atoms with Crippen molar-refractivity contribution in [2.45, 2.75) is 30.4 Å². The summed E-state index contributed by atoms with van der Waals surface area (Å²) in [6, 6.07) is 11.4. The molecule has 1 N–H and O–H groups in total. The van der Waals surface area contributed by atoms with Crippen LogP contribution in [0.2, 0.25) is 0 Å². The zero-order valence-corrected chi connectivity index (χ0v) is 16.5. The van der Waals surface area contributed by atoms with Gasteiger partial charge in [-0.1, -0.05) is 12.1 Å². The fraction of sp³-hybridized carbons (Fsp3) is 0.300. The molecule has 0 bridgehead atoms. The lowest BCUT2D eigenvalue weighted by Gasteiger charge is -2.12. The van der Waals surface area contributed by atoms with Crippen molar-refractivity contribution < 1.29 is 22.7 Å². The van der Waals surface area contributed by atoms with Crippen molar-refractivity contribution in [1.29, 1.82) is 0 Å². The average Bonchev–Trinajstić information content (AvgIpc) is 3.40. The van der Waals surface area contributed by atoms with E-state index in [0.717, 1.165) is 18.5 Å². The Hall–Kier alpha value is -2.75. The number of rotatable bonds is 7. The van der Waals surface area contributed by atoms with Crippen LogP contribution < -0.4 is 4.72 Å². The molecule has 1 aliphatic rings. The van der Waals surface area contributed by atoms with Gasteiger partial charge in [0.2, 0.25) is 10.0 Å². The number of nitrogens with one attached hydrogen (secondary N) is 1. The van der Waals surface area contributed by atoms with E-state index in [9.17, 15) is 13.2 Å². The third kappa shape index (κ3) is 4.64. The number of esters is 1. The minimum atomic E-state index is -3.74. The van der Waals surface area contributed by atoms with E-state index >= 15 is 0 Å². The number of aromatic nitrogens is 2. The predicted octanol–water partition coefficient (Wildman–Crippen LogP) is 2.15. The van der Waals surface area contributed by atoms with Crippen molar-refractivity contribution in [1.82, 2.24) is 14.1 Å². The molecule has 1 aliphatic heterocycles. The molecule has 29 heavy (non-hydrogen) atoms. The summed E-state index contributed by atoms with van der Waals surface area (Å²) in [5.74, 6) is -0.613. The lowest BCUT2D eigenvalue weighted by atomic mass is 10.2. The second-order valence-corrected chi connectivity index (χ2v) is 8.56. The Morgan fingerprint density at radius 3 is 2.97 bits per heavy atom. The van der Waals surface area contributed by atoms with Gasteiger partial charge in [-0.05, 0) is 43.2 Å². The first-order chi connectivity index (χ1) is 14.0. The molecule has 8 nitrogen and oxygen atoms in total. The van der Waals surface area contributed by atoms with Gasteiger partial charge in [0.05, 0.1) is 22.3 Å². The normalized spacial score (nSPS) is 16.9. The van der Waals surface area contributed by atoms with Gasteiger partial charge in [0.25, 0.3) is 0 Å². The van der Waals surface area contributed by atoms with Crippen LogP contribution in [0.4, 0.5) is 0 Å². The minimum absolute atomic E-state index is 0.00520. The van der Waals surface area contributed by atoms with Crippen molar-refractivity contribution in [2.24, 2.45) is 0 Å². The van der Waals surface area contributed by atoms with Crippen LogP contribution in [0, 0.1) is 0 Å². The molecular formula is C20H21N3O5S. The van der Waals surface area contributed by atoms with Gasteiger partial charge >= 0.3 is 5.97 Å². The maximum Gasteiger partial charge on any atom is 0.338 e. The summed E-state index contributed by atoms with van der Waals surface area (Å²) in [5.41, 5.74) is 1.52. The Balaban J connectivity index is 1.40. The molecule has 0 spiro atoms. The third-order valence-corrected chi connectivity index (χ3v) is 6.09. The Labute approximate surface area is 168 Å². The molecule has 1 aromatic carbocycles. The zero-order valence-electron chi connectivity index (χ0n) is 15.7. The van der Waals surface area contributed by atoms with E-state index in [0.29, 0.717) is 12.3 Å². The summed E-state index contributed by atoms with van der Waals surface area (Å²) >= 11 is 0. The number of ether oxygens (including phenoxy) is 2. The smallest absolute Gasteiger partial charge is 0.338 e. The number of hydrogen-bond acceptors (Lipinski definition) is 6. The van der Waals surface area contributed by atoms with E-state index in [1.54, 1.807) is 6.20 Å². The standard InChI is InChI=1S/C20H21N3O5S/c24-20(28-14-16-13-23-9-2-1-8-19(23)22-16)15-5-3-7-18(11-15)29(25,26)21-12-17-6-4-10-27-17/h1-3,5,7-9,11,13,17,21H,4,6,10,12,14H2/t17-/m1/s1. The fourth-order valence-corrected chi connectivity index (χ4v) is 4.27. The number of sulfonamides is 1. The number of nitrogens with zero attached hydrogens (tertiary/aromatic N) is 2. The molecule has 0 radical (unpaired) electrons. The molecule has 1 fully saturated rings. The van der Waals surface area contributed by atoms with E-state index in [2.05, 4.69) is 9.71 Å². The number of pyridine rings is 1. The minimum Gasteiger partial charge on any atom is -0.456 e. The van der Waals surface area contributed by atoms with Gasteiger partial charge in [0.15, 0.2) is 0 Å². The number of carbonyl (C=O) groups excluding carboxylic acids is 1. The van der Waals surface area contributed by atoms with Crippen molar-refractivity contribution >= 4 is 21.6 Å². The molecule has 0 saturated carbocycles. The first-order valence-corrected chi connectivity index (χ1v) is 10.8. The van der Waals surface area contributed by atoms with Gasteiger partial charge in [-0.2, -0.15) is 0 Å². The molecule has 4 rings (SSSR count). The number of carbonyl (C=O) groups is 1. The summed E-state index contributed by atoms with van der Waals surface area (Å²) in [4.78, 5) is 16.8. The van der Waals surface area contributed by atoms with Crippen molar-refractivity contribution in [3.8, 4) is 0 Å². The average molecular weight is 415 g/mol. The summed E-state index contributed by atoms with van der Waals surface area (Å²) in [5, 5.41) is 0. The van der Waals surface area contributed by atoms with E-state index in [1.807, 2.05) is 28.8 Å². The highest BCUT2D eigenvalue weighted by molar-refractivity contribution is 7.89. The quantitative estimate of drug-likeness (QED) is 0.594. The second kappa shape index (κ2) is 8.32. The highest BCUT2D eigenvalue weighted by atomic mass is 32.2. The van der Waals surface area contributed by atoms with E-state index in [-0.39, 0.29) is 29.7 Å². The van der Waals surface area contributed by atoms with Crippen LogP contribution in [-0.2, 0) is 26.1 Å². The van der Waals surface area contributed by atoms with Crippen LogP contribution >= 0.6 is 0 Å². The largest absolute Gasteiger partial charge is 0.456 e. The molecule has 1 atom stereocenters. The van der Waals surface area contributed by atoms with Crippen LogP contribution in [0.3, 0.4) is 0 Å². The molecule has 0 amide bonds. The monoisotopic (exact) mass is 415 g/mol. The first-order valence-electron chi connectivity index (χ1n) is 9.32. The lowest BCUT2D eigenvalue weighted by Crippen LogP contribution is -2.31. The Morgan fingerprint density at radius 2 is 2.17 bits per heavy atom. The molecule has 0 unspecified atom stereocenters. The maximum absolute atomic E-state index is 12.5. The van der Waals surface area contributed by atoms with E-state index in [4.69, 9.17) is 9.47 Å². The van der Waals surface area contributed by atoms with Crippen molar-refractivity contribution in [2.75, 3.05) is 13.2 Å². The molecule has 9 heteroatoms. The van der Waals surface area contributed by atoms with Crippen LogP contribution in [0.25, 0.3) is 5.65 Å². The summed E-state index contributed by atoms with van der Waals surface area (Å²) in [6.45, 7) is 0.861. The fourth-order valence-electron chi connectivity index (χ4n) is 3.16. The lowest BCUT2D eigenvalue weighted by molar-refractivity contribution is 0.0468. The van der Waals surface area contributed by atoms with Gasteiger partial charge in [0.1, 0.15) is 12.3 Å². The third-order valence-electron chi connectivity index (χ3n) is 4.67. The van der Waals surface area contributed by atoms with E-state index < -0.39 is 16.0 Å². The summed E-state index contributed by atoms with van der Waals surface area (Å²) in [6.07, 6.45) is 5.28. The van der Waals surface area contributed by atoms with Crippen LogP contribution in [0.15, 0.2) is 59.8 Å². The second-order valence-electron chi connectivity index (χ2n) is 6.79. The number of fused-ring (bicyclic) bond motifs is 1. The highest BCUT2D eigenvalue weighted by Crippen LogP contribution is 2.16. The SMILES string of the molecule is O=C(OCc1cn2ccccc2n1)c1cccc(S(=O)(=O)NC[C@H]2CCCO2)c1. The Bertz CT molecular complexity index is 1090. The van der Waals surface area contributed by atoms with Crippen molar-refractivity contribution in [3.05, 3.63) is 66.1 Å². The summed E-state index contributed by atoms with van der Waals surface area (Å²) in [7, 11) is -3.74. The van der Waals surface area contributed by atoms with Crippen molar-refractivity contribution in [3.63, 3.8) is 0 Å². The number of benzene rings is 1.